The monoisotopic (exact) mass is 287 g/mol. The lowest BCUT2D eigenvalue weighted by molar-refractivity contribution is -0.139. The maximum atomic E-state index is 13.7. The number of rotatable bonds is 5. The van der Waals surface area contributed by atoms with Crippen molar-refractivity contribution in [1.29, 1.82) is 0 Å². The van der Waals surface area contributed by atoms with Gasteiger partial charge in [-0.3, -0.25) is 4.79 Å². The third-order valence-corrected chi connectivity index (χ3v) is 3.12. The van der Waals surface area contributed by atoms with Gasteiger partial charge < -0.3 is 10.4 Å². The second-order valence-corrected chi connectivity index (χ2v) is 4.53. The Bertz CT molecular complexity index is 712. The molecular formula is C16H14FNO3. The molecule has 1 unspecified atom stereocenters. The summed E-state index contributed by atoms with van der Waals surface area (Å²) < 4.78 is 13.7. The molecule has 0 saturated carbocycles. The summed E-state index contributed by atoms with van der Waals surface area (Å²) in [5.74, 6) is -2.13. The zero-order valence-electron chi connectivity index (χ0n) is 11.2. The van der Waals surface area contributed by atoms with E-state index in [9.17, 15) is 14.0 Å². The quantitative estimate of drug-likeness (QED) is 0.831. The summed E-state index contributed by atoms with van der Waals surface area (Å²) in [5.41, 5.74) is 0.238. The van der Waals surface area contributed by atoms with Crippen LogP contribution in [0.1, 0.15) is 16.8 Å². The van der Waals surface area contributed by atoms with Crippen molar-refractivity contribution >= 4 is 22.6 Å². The van der Waals surface area contributed by atoms with Crippen LogP contribution in [0.5, 0.6) is 0 Å². The van der Waals surface area contributed by atoms with Crippen molar-refractivity contribution in [2.75, 3.05) is 0 Å². The zero-order valence-corrected chi connectivity index (χ0v) is 11.2. The van der Waals surface area contributed by atoms with Crippen molar-refractivity contribution in [1.82, 2.24) is 5.32 Å². The van der Waals surface area contributed by atoms with Gasteiger partial charge in [0, 0.05) is 10.9 Å². The van der Waals surface area contributed by atoms with E-state index in [-0.39, 0.29) is 12.0 Å². The highest BCUT2D eigenvalue weighted by atomic mass is 19.1. The number of carbonyl (C=O) groups excluding carboxylic acids is 1. The standard InChI is InChI=1S/C16H14FNO3/c1-2-5-14(16(20)21)18-15(19)12-8-9-13(17)11-7-4-3-6-10(11)12/h2-4,6-9,14H,1,5H2,(H,18,19)(H,20,21). The first-order chi connectivity index (χ1) is 10.0. The van der Waals surface area contributed by atoms with E-state index in [1.165, 1.54) is 18.2 Å². The lowest BCUT2D eigenvalue weighted by atomic mass is 10.0. The predicted octanol–water partition coefficient (Wildman–Crippen LogP) is 2.74. The smallest absolute Gasteiger partial charge is 0.326 e. The number of nitrogens with one attached hydrogen (secondary N) is 1. The molecule has 0 heterocycles. The molecule has 0 aliphatic heterocycles. The molecule has 0 radical (unpaired) electrons. The van der Waals surface area contributed by atoms with Crippen molar-refractivity contribution in [2.45, 2.75) is 12.5 Å². The summed E-state index contributed by atoms with van der Waals surface area (Å²) in [4.78, 5) is 23.3. The molecule has 21 heavy (non-hydrogen) atoms. The fraction of sp³-hybridized carbons (Fsp3) is 0.125. The highest BCUT2D eigenvalue weighted by molar-refractivity contribution is 6.08. The topological polar surface area (TPSA) is 66.4 Å². The first kappa shape index (κ1) is 14.7. The Morgan fingerprint density at radius 1 is 1.24 bits per heavy atom. The lowest BCUT2D eigenvalue weighted by Gasteiger charge is -2.14. The predicted molar refractivity (Wildman–Crippen MR) is 77.6 cm³/mol. The molecule has 0 spiro atoms. The van der Waals surface area contributed by atoms with Crippen molar-refractivity contribution in [3.05, 3.63) is 60.4 Å². The number of amides is 1. The summed E-state index contributed by atoms with van der Waals surface area (Å²) in [5, 5.41) is 12.2. The molecule has 2 rings (SSSR count). The van der Waals surface area contributed by atoms with E-state index in [4.69, 9.17) is 5.11 Å². The van der Waals surface area contributed by atoms with E-state index in [0.717, 1.165) is 0 Å². The van der Waals surface area contributed by atoms with E-state index in [1.54, 1.807) is 24.3 Å². The van der Waals surface area contributed by atoms with Crippen LogP contribution in [-0.4, -0.2) is 23.0 Å². The molecule has 0 saturated heterocycles. The van der Waals surface area contributed by atoms with Gasteiger partial charge in [-0.25, -0.2) is 9.18 Å². The molecule has 0 aliphatic rings. The number of benzene rings is 2. The molecular weight excluding hydrogens is 273 g/mol. The Morgan fingerprint density at radius 2 is 1.90 bits per heavy atom. The van der Waals surface area contributed by atoms with E-state index in [1.807, 2.05) is 0 Å². The van der Waals surface area contributed by atoms with Crippen LogP contribution in [0.4, 0.5) is 4.39 Å². The molecule has 1 atom stereocenters. The minimum Gasteiger partial charge on any atom is -0.480 e. The maximum Gasteiger partial charge on any atom is 0.326 e. The Hall–Kier alpha value is -2.69. The lowest BCUT2D eigenvalue weighted by Crippen LogP contribution is -2.40. The van der Waals surface area contributed by atoms with Crippen LogP contribution >= 0.6 is 0 Å². The number of carboxylic acids is 1. The van der Waals surface area contributed by atoms with Gasteiger partial charge in [-0.2, -0.15) is 0 Å². The van der Waals surface area contributed by atoms with Crippen LogP contribution in [0.3, 0.4) is 0 Å². The molecule has 2 aromatic rings. The fourth-order valence-electron chi connectivity index (χ4n) is 2.08. The molecule has 0 aromatic heterocycles. The van der Waals surface area contributed by atoms with Crippen molar-refractivity contribution in [3.63, 3.8) is 0 Å². The molecule has 2 aromatic carbocycles. The van der Waals surface area contributed by atoms with Gasteiger partial charge in [0.1, 0.15) is 11.9 Å². The van der Waals surface area contributed by atoms with Crippen LogP contribution in [0, 0.1) is 5.82 Å². The Balaban J connectivity index is 2.38. The SMILES string of the molecule is C=CCC(NC(=O)c1ccc(F)c2ccccc12)C(=O)O. The number of carboxylic acid groups (broad SMARTS) is 1. The number of fused-ring (bicyclic) bond motifs is 1. The molecule has 2 N–H and O–H groups in total. The highest BCUT2D eigenvalue weighted by Gasteiger charge is 2.20. The number of halogens is 1. The molecule has 0 aliphatic carbocycles. The highest BCUT2D eigenvalue weighted by Crippen LogP contribution is 2.21. The van der Waals surface area contributed by atoms with Gasteiger partial charge in [-0.15, -0.1) is 6.58 Å². The summed E-state index contributed by atoms with van der Waals surface area (Å²) in [6.07, 6.45) is 1.53. The van der Waals surface area contributed by atoms with Gasteiger partial charge in [-0.1, -0.05) is 30.3 Å². The van der Waals surface area contributed by atoms with Crippen LogP contribution in [0.25, 0.3) is 10.8 Å². The van der Waals surface area contributed by atoms with Crippen LogP contribution in [-0.2, 0) is 4.79 Å². The number of hydrogen-bond donors (Lipinski definition) is 2. The average molecular weight is 287 g/mol. The van der Waals surface area contributed by atoms with Crippen molar-refractivity contribution in [2.24, 2.45) is 0 Å². The van der Waals surface area contributed by atoms with Gasteiger partial charge in [-0.05, 0) is 23.9 Å². The minimum absolute atomic E-state index is 0.111. The molecule has 0 fully saturated rings. The van der Waals surface area contributed by atoms with Crippen LogP contribution < -0.4 is 5.32 Å². The molecule has 4 nitrogen and oxygen atoms in total. The summed E-state index contributed by atoms with van der Waals surface area (Å²) in [7, 11) is 0. The summed E-state index contributed by atoms with van der Waals surface area (Å²) in [6.45, 7) is 3.46. The zero-order chi connectivity index (χ0) is 15.4. The van der Waals surface area contributed by atoms with Gasteiger partial charge in [0.2, 0.25) is 0 Å². The van der Waals surface area contributed by atoms with Gasteiger partial charge in [0.15, 0.2) is 0 Å². The Kier molecular flexibility index (Phi) is 4.33. The molecule has 108 valence electrons. The van der Waals surface area contributed by atoms with E-state index < -0.39 is 23.7 Å². The third kappa shape index (κ3) is 3.08. The minimum atomic E-state index is -1.14. The van der Waals surface area contributed by atoms with Crippen molar-refractivity contribution in [3.8, 4) is 0 Å². The number of aliphatic carboxylic acids is 1. The van der Waals surface area contributed by atoms with Crippen molar-refractivity contribution < 1.29 is 19.1 Å². The normalized spacial score (nSPS) is 11.9. The third-order valence-electron chi connectivity index (χ3n) is 3.12. The number of carbonyl (C=O) groups is 2. The van der Waals surface area contributed by atoms with Gasteiger partial charge >= 0.3 is 5.97 Å². The van der Waals surface area contributed by atoms with Crippen LogP contribution in [0.15, 0.2) is 49.1 Å². The summed E-state index contributed by atoms with van der Waals surface area (Å²) in [6, 6.07) is 8.04. The molecule has 0 bridgehead atoms. The Morgan fingerprint density at radius 3 is 2.52 bits per heavy atom. The van der Waals surface area contributed by atoms with Crippen LogP contribution in [0.2, 0.25) is 0 Å². The van der Waals surface area contributed by atoms with E-state index >= 15 is 0 Å². The molecule has 5 heteroatoms. The van der Waals surface area contributed by atoms with Gasteiger partial charge in [0.25, 0.3) is 5.91 Å². The maximum absolute atomic E-state index is 13.7. The van der Waals surface area contributed by atoms with Gasteiger partial charge in [0.05, 0.1) is 0 Å². The van der Waals surface area contributed by atoms with E-state index in [0.29, 0.717) is 10.8 Å². The fourth-order valence-corrected chi connectivity index (χ4v) is 2.08. The number of hydrogen-bond acceptors (Lipinski definition) is 2. The first-order valence-electron chi connectivity index (χ1n) is 6.36. The first-order valence-corrected chi connectivity index (χ1v) is 6.36. The van der Waals surface area contributed by atoms with E-state index in [2.05, 4.69) is 11.9 Å². The average Bonchev–Trinajstić information content (AvgIpc) is 2.47. The second-order valence-electron chi connectivity index (χ2n) is 4.53. The Labute approximate surface area is 120 Å². The summed E-state index contributed by atoms with van der Waals surface area (Å²) >= 11 is 0. The molecule has 1 amide bonds. The largest absolute Gasteiger partial charge is 0.480 e. The second kappa shape index (κ2) is 6.17.